The van der Waals surface area contributed by atoms with Crippen molar-refractivity contribution in [3.05, 3.63) is 42.0 Å². The molecule has 0 saturated heterocycles. The van der Waals surface area contributed by atoms with Crippen molar-refractivity contribution >= 4 is 10.0 Å². The summed E-state index contributed by atoms with van der Waals surface area (Å²) >= 11 is 0. The summed E-state index contributed by atoms with van der Waals surface area (Å²) < 4.78 is 28.1. The van der Waals surface area contributed by atoms with Gasteiger partial charge in [0.15, 0.2) is 0 Å². The smallest absolute Gasteiger partial charge is 0.207 e. The van der Waals surface area contributed by atoms with Gasteiger partial charge in [0.1, 0.15) is 0 Å². The molecule has 0 aliphatic heterocycles. The predicted octanol–water partition coefficient (Wildman–Crippen LogP) is 4.58. The highest BCUT2D eigenvalue weighted by molar-refractivity contribution is 7.89. The van der Waals surface area contributed by atoms with E-state index in [1.165, 1.54) is 19.3 Å². The molecule has 0 radical (unpaired) electrons. The maximum Gasteiger partial charge on any atom is 0.240 e. The first kappa shape index (κ1) is 18.2. The molecule has 2 rings (SSSR count). The number of allylic oxidation sites excluding steroid dienone is 1. The van der Waals surface area contributed by atoms with E-state index in [-0.39, 0.29) is 6.04 Å². The van der Waals surface area contributed by atoms with Crippen LogP contribution in [-0.4, -0.2) is 14.5 Å². The summed E-state index contributed by atoms with van der Waals surface area (Å²) in [5, 5.41) is 0. The molecule has 0 aromatic heterocycles. The van der Waals surface area contributed by atoms with Gasteiger partial charge in [0.25, 0.3) is 0 Å². The Hall–Kier alpha value is -1.13. The van der Waals surface area contributed by atoms with E-state index >= 15 is 0 Å². The lowest BCUT2D eigenvalue weighted by atomic mass is 9.85. The first-order valence-corrected chi connectivity index (χ1v) is 10.3. The first-order valence-electron chi connectivity index (χ1n) is 8.78. The minimum absolute atomic E-state index is 0.0212. The number of hydrogen-bond donors (Lipinski definition) is 1. The highest BCUT2D eigenvalue weighted by Gasteiger charge is 2.27. The average molecular weight is 336 g/mol. The number of unbranched alkanes of at least 4 members (excludes halogenated alkanes) is 2. The topological polar surface area (TPSA) is 46.2 Å². The lowest BCUT2D eigenvalue weighted by molar-refractivity contribution is 0.338. The van der Waals surface area contributed by atoms with Crippen LogP contribution in [0.25, 0.3) is 0 Å². The molecule has 0 unspecified atom stereocenters. The Kier molecular flexibility index (Phi) is 6.85. The average Bonchev–Trinajstić information content (AvgIpc) is 2.53. The van der Waals surface area contributed by atoms with Crippen molar-refractivity contribution < 1.29 is 8.42 Å². The molecule has 0 heterocycles. The summed E-state index contributed by atoms with van der Waals surface area (Å²) in [7, 11) is -3.43. The molecule has 0 spiro atoms. The van der Waals surface area contributed by atoms with E-state index in [1.807, 2.05) is 19.1 Å². The Morgan fingerprint density at radius 3 is 2.57 bits per heavy atom. The standard InChI is InChI=1S/C19H29NO2S/c1-3-4-5-6-9-17-10-7-8-11-19(17)20-23(21,22)18-14-12-16(2)13-15-18/h6,9,12-15,17,19-20H,3-5,7-8,10-11H2,1-2H3/b9-6-/t17-,19+/m1/s1. The van der Waals surface area contributed by atoms with E-state index in [1.54, 1.807) is 12.1 Å². The second kappa shape index (κ2) is 8.65. The summed E-state index contributed by atoms with van der Waals surface area (Å²) in [6.07, 6.45) is 12.2. The van der Waals surface area contributed by atoms with Gasteiger partial charge in [0.05, 0.1) is 4.90 Å². The molecule has 0 amide bonds. The Balaban J connectivity index is 2.05. The van der Waals surface area contributed by atoms with Crippen LogP contribution < -0.4 is 4.72 Å². The van der Waals surface area contributed by atoms with Gasteiger partial charge in [-0.1, -0.05) is 62.5 Å². The molecule has 1 aromatic rings. The minimum Gasteiger partial charge on any atom is -0.207 e. The number of benzene rings is 1. The van der Waals surface area contributed by atoms with Gasteiger partial charge in [-0.15, -0.1) is 0 Å². The number of sulfonamides is 1. The van der Waals surface area contributed by atoms with Gasteiger partial charge in [0.2, 0.25) is 10.0 Å². The maximum absolute atomic E-state index is 12.6. The molecule has 1 aromatic carbocycles. The Morgan fingerprint density at radius 1 is 1.17 bits per heavy atom. The second-order valence-electron chi connectivity index (χ2n) is 6.56. The van der Waals surface area contributed by atoms with E-state index in [0.29, 0.717) is 10.8 Å². The van der Waals surface area contributed by atoms with Crippen molar-refractivity contribution in [2.24, 2.45) is 5.92 Å². The van der Waals surface area contributed by atoms with Crippen molar-refractivity contribution in [1.29, 1.82) is 0 Å². The molecule has 1 N–H and O–H groups in total. The molecule has 2 atom stereocenters. The first-order chi connectivity index (χ1) is 11.0. The van der Waals surface area contributed by atoms with Gasteiger partial charge in [0, 0.05) is 6.04 Å². The molecule has 4 heteroatoms. The summed E-state index contributed by atoms with van der Waals surface area (Å²) in [4.78, 5) is 0.363. The fourth-order valence-corrected chi connectivity index (χ4v) is 4.44. The van der Waals surface area contributed by atoms with Crippen LogP contribution in [0.3, 0.4) is 0 Å². The van der Waals surface area contributed by atoms with Crippen LogP contribution in [0, 0.1) is 12.8 Å². The van der Waals surface area contributed by atoms with Crippen molar-refractivity contribution in [2.75, 3.05) is 0 Å². The van der Waals surface area contributed by atoms with Gasteiger partial charge in [-0.3, -0.25) is 0 Å². The zero-order chi connectivity index (χ0) is 16.7. The normalized spacial score (nSPS) is 22.5. The molecule has 0 bridgehead atoms. The molecule has 1 saturated carbocycles. The van der Waals surface area contributed by atoms with Crippen LogP contribution in [0.4, 0.5) is 0 Å². The second-order valence-corrected chi connectivity index (χ2v) is 8.27. The minimum atomic E-state index is -3.43. The SMILES string of the molecule is CCCC/C=C\[C@@H]1CCCC[C@@H]1NS(=O)(=O)c1ccc(C)cc1. The zero-order valence-corrected chi connectivity index (χ0v) is 15.1. The van der Waals surface area contributed by atoms with Crippen LogP contribution >= 0.6 is 0 Å². The molecule has 128 valence electrons. The van der Waals surface area contributed by atoms with Gasteiger partial charge in [-0.2, -0.15) is 0 Å². The van der Waals surface area contributed by atoms with E-state index < -0.39 is 10.0 Å². The zero-order valence-electron chi connectivity index (χ0n) is 14.3. The number of nitrogens with one attached hydrogen (secondary N) is 1. The predicted molar refractivity (Wildman–Crippen MR) is 95.9 cm³/mol. The van der Waals surface area contributed by atoms with Crippen molar-refractivity contribution in [1.82, 2.24) is 4.72 Å². The van der Waals surface area contributed by atoms with E-state index in [4.69, 9.17) is 0 Å². The van der Waals surface area contributed by atoms with Gasteiger partial charge >= 0.3 is 0 Å². The Bertz CT molecular complexity index is 605. The molecular weight excluding hydrogens is 306 g/mol. The summed E-state index contributed by atoms with van der Waals surface area (Å²) in [5.74, 6) is 0.320. The lowest BCUT2D eigenvalue weighted by Gasteiger charge is -2.30. The summed E-state index contributed by atoms with van der Waals surface area (Å²) in [5.41, 5.74) is 1.07. The Labute approximate surface area is 141 Å². The van der Waals surface area contributed by atoms with Crippen LogP contribution in [0.1, 0.15) is 57.4 Å². The quantitative estimate of drug-likeness (QED) is 0.585. The van der Waals surface area contributed by atoms with Crippen molar-refractivity contribution in [2.45, 2.75) is 69.7 Å². The highest BCUT2D eigenvalue weighted by Crippen LogP contribution is 2.27. The summed E-state index contributed by atoms with van der Waals surface area (Å²) in [6, 6.07) is 7.09. The van der Waals surface area contributed by atoms with E-state index in [0.717, 1.165) is 31.2 Å². The molecule has 3 nitrogen and oxygen atoms in total. The largest absolute Gasteiger partial charge is 0.240 e. The number of aryl methyl sites for hydroxylation is 1. The molecule has 23 heavy (non-hydrogen) atoms. The maximum atomic E-state index is 12.6. The van der Waals surface area contributed by atoms with E-state index in [9.17, 15) is 8.42 Å². The van der Waals surface area contributed by atoms with Crippen LogP contribution in [-0.2, 0) is 10.0 Å². The monoisotopic (exact) mass is 335 g/mol. The third-order valence-electron chi connectivity index (χ3n) is 4.56. The molecular formula is C19H29NO2S. The number of rotatable bonds is 7. The third kappa shape index (κ3) is 5.47. The van der Waals surface area contributed by atoms with E-state index in [2.05, 4.69) is 23.8 Å². The Morgan fingerprint density at radius 2 is 1.87 bits per heavy atom. The fraction of sp³-hybridized carbons (Fsp3) is 0.579. The fourth-order valence-electron chi connectivity index (χ4n) is 3.11. The molecule has 1 aliphatic carbocycles. The van der Waals surface area contributed by atoms with Crippen LogP contribution in [0.15, 0.2) is 41.3 Å². The van der Waals surface area contributed by atoms with Gasteiger partial charge < -0.3 is 0 Å². The third-order valence-corrected chi connectivity index (χ3v) is 6.07. The molecule has 1 fully saturated rings. The number of hydrogen-bond acceptors (Lipinski definition) is 2. The van der Waals surface area contributed by atoms with Crippen LogP contribution in [0.5, 0.6) is 0 Å². The van der Waals surface area contributed by atoms with Gasteiger partial charge in [-0.05, 0) is 44.2 Å². The summed E-state index contributed by atoms with van der Waals surface area (Å²) in [6.45, 7) is 4.15. The van der Waals surface area contributed by atoms with Crippen molar-refractivity contribution in [3.63, 3.8) is 0 Å². The van der Waals surface area contributed by atoms with Crippen LogP contribution in [0.2, 0.25) is 0 Å². The highest BCUT2D eigenvalue weighted by atomic mass is 32.2. The van der Waals surface area contributed by atoms with Crippen molar-refractivity contribution in [3.8, 4) is 0 Å². The molecule has 1 aliphatic rings. The van der Waals surface area contributed by atoms with Gasteiger partial charge in [-0.25, -0.2) is 13.1 Å². The lowest BCUT2D eigenvalue weighted by Crippen LogP contribution is -2.41.